The lowest BCUT2D eigenvalue weighted by molar-refractivity contribution is 0.0175. The number of nitrogens with zero attached hydrogens (tertiary/aromatic N) is 1. The Labute approximate surface area is 263 Å². The summed E-state index contributed by atoms with van der Waals surface area (Å²) in [4.78, 5) is 2.14. The molecule has 0 aromatic rings. The molecular weight excluding hydrogens is 606 g/mol. The van der Waals surface area contributed by atoms with Crippen LogP contribution in [0.3, 0.4) is 0 Å². The molecule has 0 amide bonds. The quantitative estimate of drug-likeness (QED) is 0.0494. The van der Waals surface area contributed by atoms with E-state index in [4.69, 9.17) is 40.3 Å². The van der Waals surface area contributed by atoms with Crippen LogP contribution in [0.1, 0.15) is 12.8 Å². The first-order chi connectivity index (χ1) is 20.8. The van der Waals surface area contributed by atoms with Gasteiger partial charge in [-0.05, 0) is 12.8 Å². The van der Waals surface area contributed by atoms with Crippen molar-refractivity contribution in [3.8, 4) is 0 Å². The van der Waals surface area contributed by atoms with Gasteiger partial charge in [0.2, 0.25) is 0 Å². The molecule has 264 valence electrons. The van der Waals surface area contributed by atoms with Gasteiger partial charge in [0.25, 0.3) is 0 Å². The summed E-state index contributed by atoms with van der Waals surface area (Å²) in [5.74, 6) is 1.21. The first kappa shape index (κ1) is 43.1. The predicted molar refractivity (Wildman–Crippen MR) is 174 cm³/mol. The fraction of sp³-hybridized carbons (Fsp3) is 1.00. The summed E-state index contributed by atoms with van der Waals surface area (Å²) in [5.41, 5.74) is 5.76. The van der Waals surface area contributed by atoms with Crippen LogP contribution in [0.2, 0.25) is 0 Å². The molecule has 0 fully saturated rings. The van der Waals surface area contributed by atoms with E-state index < -0.39 is 33.9 Å². The minimum atomic E-state index is -1.97. The maximum Gasteiger partial charge on any atom is 0.0900 e. The normalized spacial score (nSPS) is 14.8. The van der Waals surface area contributed by atoms with Gasteiger partial charge in [0.1, 0.15) is 0 Å². The molecule has 0 aliphatic heterocycles. The number of hydrogen-bond donors (Lipinski definition) is 6. The average Bonchev–Trinajstić information content (AvgIpc) is 3.02. The molecule has 2 atom stereocenters. The van der Waals surface area contributed by atoms with Gasteiger partial charge in [-0.25, -0.2) is 0 Å². The van der Waals surface area contributed by atoms with E-state index >= 15 is 0 Å². The van der Waals surface area contributed by atoms with Gasteiger partial charge in [-0.1, -0.05) is 0 Å². The molecule has 0 bridgehead atoms. The molecule has 2 unspecified atom stereocenters. The molecule has 0 saturated heterocycles. The van der Waals surface area contributed by atoms with Gasteiger partial charge < -0.3 is 41.4 Å². The minimum absolute atomic E-state index is 0.256. The first-order valence-electron chi connectivity index (χ1n) is 14.8. The zero-order valence-electron chi connectivity index (χ0n) is 27.4. The lowest BCUT2D eigenvalue weighted by Gasteiger charge is -2.33. The van der Waals surface area contributed by atoms with Crippen molar-refractivity contribution in [3.63, 3.8) is 0 Å². The largest absolute Gasteiger partial charge is 0.389 e. The molecule has 0 aliphatic rings. The highest BCUT2D eigenvalue weighted by Gasteiger charge is 2.23. The van der Waals surface area contributed by atoms with E-state index in [-0.39, 0.29) is 13.2 Å². The summed E-state index contributed by atoms with van der Waals surface area (Å²) in [6.45, 7) is 8.47. The third-order valence-corrected chi connectivity index (χ3v) is 11.0. The molecule has 0 aromatic carbocycles. The highest BCUT2D eigenvalue weighted by molar-refractivity contribution is 8.22. The van der Waals surface area contributed by atoms with Crippen LogP contribution in [0.25, 0.3) is 0 Å². The van der Waals surface area contributed by atoms with Crippen LogP contribution in [-0.2, 0) is 34.6 Å². The van der Waals surface area contributed by atoms with Crippen molar-refractivity contribution < 1.29 is 44.8 Å². The first-order valence-corrected chi connectivity index (χ1v) is 18.0. The van der Waals surface area contributed by atoms with Crippen LogP contribution in [0, 0.1) is 0 Å². The van der Waals surface area contributed by atoms with Crippen LogP contribution < -0.4 is 21.7 Å². The number of rotatable bonds is 33. The van der Waals surface area contributed by atoms with Crippen LogP contribution >= 0.6 is 21.7 Å². The molecule has 0 radical (unpaired) electrons. The van der Waals surface area contributed by atoms with Gasteiger partial charge in [-0.15, -0.1) is 0 Å². The molecule has 0 heterocycles. The number of nitrogens with two attached hydrogens (primary N) is 1. The van der Waals surface area contributed by atoms with E-state index in [0.29, 0.717) is 63.7 Å². The third-order valence-electron chi connectivity index (χ3n) is 6.37. The summed E-state index contributed by atoms with van der Waals surface area (Å²) >= 11 is 0. The summed E-state index contributed by atoms with van der Waals surface area (Å²) in [6, 6.07) is 0. The lowest BCUT2D eigenvalue weighted by atomic mass is 10.3. The number of nitrogens with one attached hydrogen (secondary N) is 3. The van der Waals surface area contributed by atoms with E-state index in [1.165, 1.54) is 0 Å². The van der Waals surface area contributed by atoms with E-state index in [2.05, 4.69) is 20.9 Å². The SMILES string of the molecule is COS(CCCOCC(O)CNCCNCCNCCN(CCN)CC(O)COCCCS(OC)(OC)OC)(OC)OC. The fourth-order valence-electron chi connectivity index (χ4n) is 4.02. The summed E-state index contributed by atoms with van der Waals surface area (Å²) in [7, 11) is 5.48. The zero-order valence-corrected chi connectivity index (χ0v) is 29.0. The van der Waals surface area contributed by atoms with E-state index in [0.717, 1.165) is 39.3 Å². The Morgan fingerprint density at radius 1 is 0.628 bits per heavy atom. The molecular formula is C26H63N5O10S2. The Bertz CT molecular complexity index is 600. The summed E-state index contributed by atoms with van der Waals surface area (Å²) in [5, 5.41) is 30.5. The number of aliphatic hydroxyl groups is 2. The second-order valence-electron chi connectivity index (χ2n) is 9.48. The Balaban J connectivity index is 3.78. The minimum Gasteiger partial charge on any atom is -0.389 e. The van der Waals surface area contributed by atoms with Crippen molar-refractivity contribution in [2.45, 2.75) is 25.0 Å². The summed E-state index contributed by atoms with van der Waals surface area (Å²) in [6.07, 6.45) is 0.261. The van der Waals surface area contributed by atoms with Crippen LogP contribution in [0.15, 0.2) is 0 Å². The molecule has 0 aliphatic carbocycles. The van der Waals surface area contributed by atoms with Crippen molar-refractivity contribution in [2.75, 3.05) is 146 Å². The standard InChI is InChI=1S/C26H63N5O10S2/c1-34-42(35-2,36-3)19-7-17-40-23-25(32)21-30-13-12-28-10-11-29-14-16-31(15-9-27)22-26(33)24-41-18-8-20-43(37-4,38-5)39-6/h25-26,28-30,32-33H,7-24,27H2,1-6H3. The van der Waals surface area contributed by atoms with Crippen LogP contribution in [-0.4, -0.2) is 173 Å². The Morgan fingerprint density at radius 2 is 1.07 bits per heavy atom. The Hall–Kier alpha value is 0.1000. The van der Waals surface area contributed by atoms with Gasteiger partial charge >= 0.3 is 0 Å². The molecule has 17 heteroatoms. The topological polar surface area (TPSA) is 180 Å². The van der Waals surface area contributed by atoms with Gasteiger partial charge in [-0.3, -0.25) is 30.0 Å². The van der Waals surface area contributed by atoms with E-state index in [1.54, 1.807) is 42.7 Å². The molecule has 0 rings (SSSR count). The van der Waals surface area contributed by atoms with Gasteiger partial charge in [-0.2, -0.15) is 0 Å². The monoisotopic (exact) mass is 669 g/mol. The molecule has 15 nitrogen and oxygen atoms in total. The maximum absolute atomic E-state index is 10.4. The van der Waals surface area contributed by atoms with Crippen molar-refractivity contribution in [1.29, 1.82) is 0 Å². The highest BCUT2D eigenvalue weighted by atomic mass is 32.3. The maximum atomic E-state index is 10.4. The van der Waals surface area contributed by atoms with Crippen molar-refractivity contribution in [3.05, 3.63) is 0 Å². The van der Waals surface area contributed by atoms with Gasteiger partial charge in [0.05, 0.1) is 89.8 Å². The fourth-order valence-corrected chi connectivity index (χ4v) is 6.78. The summed E-state index contributed by atoms with van der Waals surface area (Å²) < 4.78 is 43.2. The van der Waals surface area contributed by atoms with E-state index in [1.807, 2.05) is 0 Å². The molecule has 7 N–H and O–H groups in total. The molecule has 0 saturated carbocycles. The predicted octanol–water partition coefficient (Wildman–Crippen LogP) is -0.471. The number of hydrogen-bond acceptors (Lipinski definition) is 15. The van der Waals surface area contributed by atoms with Gasteiger partial charge in [0.15, 0.2) is 0 Å². The lowest BCUT2D eigenvalue weighted by Crippen LogP contribution is -2.42. The third kappa shape index (κ3) is 21.5. The Kier molecular flexibility index (Phi) is 28.4. The molecule has 0 spiro atoms. The Morgan fingerprint density at radius 3 is 1.53 bits per heavy atom. The molecule has 0 aromatic heterocycles. The second kappa shape index (κ2) is 28.3. The average molecular weight is 670 g/mol. The number of aliphatic hydroxyl groups excluding tert-OH is 2. The number of ether oxygens (including phenoxy) is 2. The van der Waals surface area contributed by atoms with Gasteiger partial charge in [0, 0.05) is 90.2 Å². The van der Waals surface area contributed by atoms with Crippen molar-refractivity contribution >= 4 is 21.7 Å². The zero-order chi connectivity index (χ0) is 32.2. The van der Waals surface area contributed by atoms with Crippen LogP contribution in [0.5, 0.6) is 0 Å². The highest BCUT2D eigenvalue weighted by Crippen LogP contribution is 2.50. The van der Waals surface area contributed by atoms with Crippen LogP contribution in [0.4, 0.5) is 0 Å². The second-order valence-corrected chi connectivity index (χ2v) is 14.5. The van der Waals surface area contributed by atoms with Crippen molar-refractivity contribution in [2.24, 2.45) is 5.73 Å². The van der Waals surface area contributed by atoms with E-state index in [9.17, 15) is 10.2 Å². The van der Waals surface area contributed by atoms with Crippen molar-refractivity contribution in [1.82, 2.24) is 20.9 Å². The smallest absolute Gasteiger partial charge is 0.0900 e. The molecule has 43 heavy (non-hydrogen) atoms.